The lowest BCUT2D eigenvalue weighted by atomic mass is 9.55. The van der Waals surface area contributed by atoms with Crippen LogP contribution in [0, 0.1) is 6.92 Å². The van der Waals surface area contributed by atoms with Gasteiger partial charge >= 0.3 is 6.18 Å². The van der Waals surface area contributed by atoms with E-state index in [9.17, 15) is 13.2 Å². The van der Waals surface area contributed by atoms with Crippen LogP contribution in [-0.2, 0) is 17.0 Å². The van der Waals surface area contributed by atoms with E-state index in [1.807, 2.05) is 17.0 Å². The maximum atomic E-state index is 14.0. The second kappa shape index (κ2) is 12.2. The average Bonchev–Trinajstić information content (AvgIpc) is 3.71. The van der Waals surface area contributed by atoms with Crippen molar-refractivity contribution in [3.05, 3.63) is 184 Å². The molecule has 3 nitrogen and oxygen atoms in total. The highest BCUT2D eigenvalue weighted by Crippen LogP contribution is 2.63. The van der Waals surface area contributed by atoms with Crippen LogP contribution in [0.15, 0.2) is 144 Å². The fraction of sp³-hybridized carbons (Fsp3) is 0.176. The number of nitrogens with zero attached hydrogens (tertiary/aromatic N) is 1. The second-order valence-corrected chi connectivity index (χ2v) is 22.6. The summed E-state index contributed by atoms with van der Waals surface area (Å²) in [7, 11) is -1.82. The number of hydrogen-bond acceptors (Lipinski definition) is 3. The lowest BCUT2D eigenvalue weighted by molar-refractivity contribution is -0.137. The van der Waals surface area contributed by atoms with Gasteiger partial charge in [0.25, 0.3) is 0 Å². The molecular weight excluding hydrogens is 742 g/mol. The van der Waals surface area contributed by atoms with Gasteiger partial charge in [0.05, 0.1) is 24.7 Å². The smallest absolute Gasteiger partial charge is 0.416 e. The number of furan rings is 1. The van der Waals surface area contributed by atoms with Gasteiger partial charge in [-0.3, -0.25) is 0 Å². The minimum Gasteiger partial charge on any atom is -0.454 e. The Balaban J connectivity index is 1.28. The van der Waals surface area contributed by atoms with Crippen LogP contribution in [0.25, 0.3) is 33.1 Å². The number of para-hydroxylation sites is 2. The number of fused-ring (bicyclic) bond motifs is 12. The van der Waals surface area contributed by atoms with Crippen LogP contribution in [0.1, 0.15) is 58.4 Å². The molecule has 7 heteroatoms. The van der Waals surface area contributed by atoms with E-state index in [0.717, 1.165) is 62.1 Å². The van der Waals surface area contributed by atoms with Crippen LogP contribution in [-0.4, -0.2) is 8.07 Å². The van der Waals surface area contributed by atoms with Crippen LogP contribution >= 0.6 is 0 Å². The first-order valence-electron chi connectivity index (χ1n) is 19.8. The maximum absolute atomic E-state index is 14.0. The number of benzene rings is 7. The van der Waals surface area contributed by atoms with Crippen molar-refractivity contribution >= 4 is 57.9 Å². The summed E-state index contributed by atoms with van der Waals surface area (Å²) in [6, 6.07) is 46.2. The minimum absolute atomic E-state index is 0.247. The molecule has 0 amide bonds. The molecule has 2 aliphatic carbocycles. The first kappa shape index (κ1) is 36.3. The van der Waals surface area contributed by atoms with Crippen molar-refractivity contribution in [1.29, 1.82) is 0 Å². The minimum atomic E-state index is -4.47. The average molecular weight is 785 g/mol. The Morgan fingerprint density at radius 2 is 1.19 bits per heavy atom. The largest absolute Gasteiger partial charge is 0.454 e. The highest BCUT2D eigenvalue weighted by Gasteiger charge is 2.54. The van der Waals surface area contributed by atoms with Gasteiger partial charge in [-0.25, -0.2) is 0 Å². The third-order valence-electron chi connectivity index (χ3n) is 12.7. The molecule has 7 aromatic carbocycles. The van der Waals surface area contributed by atoms with Gasteiger partial charge in [-0.15, -0.1) is 0 Å². The second-order valence-electron chi connectivity index (χ2n) is 17.5. The Hall–Kier alpha value is -6.05. The number of rotatable bonds is 4. The summed E-state index contributed by atoms with van der Waals surface area (Å²) in [5.41, 5.74) is 20.0. The van der Waals surface area contributed by atoms with Gasteiger partial charge in [0.15, 0.2) is 5.58 Å². The molecule has 10 rings (SSSR count). The van der Waals surface area contributed by atoms with Gasteiger partial charge in [-0.2, -0.15) is 13.2 Å². The third kappa shape index (κ3) is 4.98. The lowest BCUT2D eigenvalue weighted by Crippen LogP contribution is -2.41. The van der Waals surface area contributed by atoms with Crippen molar-refractivity contribution in [2.45, 2.75) is 57.4 Å². The van der Waals surface area contributed by atoms with Gasteiger partial charge in [0.2, 0.25) is 0 Å². The summed E-state index contributed by atoms with van der Waals surface area (Å²) in [5.74, 6) is 0. The molecule has 8 aromatic rings. The van der Waals surface area contributed by atoms with E-state index in [-0.39, 0.29) is 5.41 Å². The normalized spacial score (nSPS) is 15.0. The zero-order valence-electron chi connectivity index (χ0n) is 33.3. The summed E-state index contributed by atoms with van der Waals surface area (Å²) >= 11 is 0. The Kier molecular flexibility index (Phi) is 7.65. The number of nitrogen functional groups attached to an aromatic ring is 1. The Morgan fingerprint density at radius 1 is 0.603 bits per heavy atom. The van der Waals surface area contributed by atoms with Crippen LogP contribution in [0.2, 0.25) is 19.6 Å². The van der Waals surface area contributed by atoms with E-state index in [0.29, 0.717) is 17.0 Å². The first-order valence-corrected chi connectivity index (χ1v) is 23.3. The van der Waals surface area contributed by atoms with E-state index in [2.05, 4.69) is 144 Å². The number of aryl methyl sites for hydroxylation is 1. The summed E-state index contributed by atoms with van der Waals surface area (Å²) in [6.07, 6.45) is -4.47. The van der Waals surface area contributed by atoms with Crippen molar-refractivity contribution < 1.29 is 17.6 Å². The third-order valence-corrected chi connectivity index (χ3v) is 14.7. The number of hydrogen-bond donors (Lipinski definition) is 1. The molecule has 1 spiro atoms. The fourth-order valence-electron chi connectivity index (χ4n) is 10.2. The van der Waals surface area contributed by atoms with Crippen LogP contribution in [0.4, 0.5) is 35.9 Å². The van der Waals surface area contributed by atoms with Crippen LogP contribution in [0.5, 0.6) is 0 Å². The van der Waals surface area contributed by atoms with Gasteiger partial charge in [0.1, 0.15) is 5.58 Å². The predicted molar refractivity (Wildman–Crippen MR) is 235 cm³/mol. The Bertz CT molecular complexity index is 2940. The molecule has 0 radical (unpaired) electrons. The van der Waals surface area contributed by atoms with Crippen molar-refractivity contribution in [3.63, 3.8) is 0 Å². The van der Waals surface area contributed by atoms with E-state index >= 15 is 0 Å². The highest BCUT2D eigenvalue weighted by atomic mass is 28.3. The fourth-order valence-corrected chi connectivity index (χ4v) is 11.7. The van der Waals surface area contributed by atoms with Gasteiger partial charge < -0.3 is 15.1 Å². The molecule has 0 saturated carbocycles. The number of nitrogens with two attached hydrogens (primary N) is 1. The van der Waals surface area contributed by atoms with E-state index in [1.165, 1.54) is 33.0 Å². The first-order chi connectivity index (χ1) is 27.6. The molecule has 1 heterocycles. The molecule has 2 aliphatic rings. The summed E-state index contributed by atoms with van der Waals surface area (Å²) in [4.78, 5) is 2.04. The maximum Gasteiger partial charge on any atom is 0.416 e. The summed E-state index contributed by atoms with van der Waals surface area (Å²) < 4.78 is 48.8. The summed E-state index contributed by atoms with van der Waals surface area (Å²) in [6.45, 7) is 13.7. The van der Waals surface area contributed by atoms with Crippen LogP contribution in [0.3, 0.4) is 0 Å². The van der Waals surface area contributed by atoms with Crippen molar-refractivity contribution in [3.8, 4) is 11.1 Å². The molecular formula is C51H43F3N2OSi. The zero-order chi connectivity index (χ0) is 40.5. The molecule has 1 aromatic heterocycles. The SMILES string of the molecule is Cc1cc(N)cc2c1C1(c3ccc(N(c4ccc(C(F)(F)F)cc4)c4cccc5c4oc4c([Si](C)(C)C)cccc45)cc3-2)c2ccccc2C(C)(C)c2ccccc21. The quantitative estimate of drug-likeness (QED) is 0.143. The van der Waals surface area contributed by atoms with Crippen molar-refractivity contribution in [2.24, 2.45) is 0 Å². The van der Waals surface area contributed by atoms with E-state index in [4.69, 9.17) is 10.2 Å². The molecule has 0 aliphatic heterocycles. The lowest BCUT2D eigenvalue weighted by Gasteiger charge is -2.47. The topological polar surface area (TPSA) is 42.4 Å². The molecule has 58 heavy (non-hydrogen) atoms. The van der Waals surface area contributed by atoms with Crippen molar-refractivity contribution in [1.82, 2.24) is 0 Å². The number of halogens is 3. The Morgan fingerprint density at radius 3 is 1.81 bits per heavy atom. The standard InChI is InChI=1S/C51H43F3N2OSi/c1-30-27-32(55)28-38-37-29-34(25-26-39(37)50(46(30)38)42-17-9-7-15-40(42)49(2,3)41-16-8-10-18-43(41)50)56(33-23-21-31(22-24-33)51(52,53)54)44-19-11-13-35-36-14-12-20-45(58(4,5)6)48(36)57-47(35)44/h7-29H,55H2,1-6H3. The predicted octanol–water partition coefficient (Wildman–Crippen LogP) is 13.5. The van der Waals surface area contributed by atoms with E-state index in [1.54, 1.807) is 12.1 Å². The van der Waals surface area contributed by atoms with Crippen molar-refractivity contribution in [2.75, 3.05) is 10.6 Å². The molecule has 2 N–H and O–H groups in total. The zero-order valence-corrected chi connectivity index (χ0v) is 34.3. The molecule has 0 atom stereocenters. The summed E-state index contributed by atoms with van der Waals surface area (Å²) in [5, 5.41) is 3.20. The van der Waals surface area contributed by atoms with Gasteiger partial charge in [0, 0.05) is 33.2 Å². The number of alkyl halides is 3. The Labute approximate surface area is 337 Å². The molecule has 0 saturated heterocycles. The van der Waals surface area contributed by atoms with Gasteiger partial charge in [-0.1, -0.05) is 118 Å². The molecule has 0 bridgehead atoms. The van der Waals surface area contributed by atoms with Crippen LogP contribution < -0.4 is 15.8 Å². The van der Waals surface area contributed by atoms with E-state index < -0.39 is 25.2 Å². The molecule has 0 unspecified atom stereocenters. The monoisotopic (exact) mass is 784 g/mol. The molecule has 288 valence electrons. The highest BCUT2D eigenvalue weighted by molar-refractivity contribution is 6.90. The molecule has 0 fully saturated rings. The number of anilines is 4. The van der Waals surface area contributed by atoms with Gasteiger partial charge in [-0.05, 0) is 117 Å².